The number of ether oxygens (including phenoxy) is 1. The lowest BCUT2D eigenvalue weighted by atomic mass is 10.2. The predicted molar refractivity (Wildman–Crippen MR) is 105 cm³/mol. The highest BCUT2D eigenvalue weighted by molar-refractivity contribution is 9.10. The molecule has 0 aliphatic heterocycles. The van der Waals surface area contributed by atoms with E-state index in [-0.39, 0.29) is 36.1 Å². The molecule has 2 N–H and O–H groups in total. The van der Waals surface area contributed by atoms with Crippen molar-refractivity contribution in [2.45, 2.75) is 13.2 Å². The van der Waals surface area contributed by atoms with Gasteiger partial charge in [-0.3, -0.25) is 4.79 Å². The number of rotatable bonds is 7. The minimum absolute atomic E-state index is 0.0124. The molecule has 6 nitrogen and oxygen atoms in total. The van der Waals surface area contributed by atoms with E-state index in [9.17, 15) is 9.18 Å². The van der Waals surface area contributed by atoms with Gasteiger partial charge in [-0.25, -0.2) is 14.9 Å². The van der Waals surface area contributed by atoms with Crippen LogP contribution in [0.15, 0.2) is 70.4 Å². The Balaban J connectivity index is 1.81. The second-order valence-electron chi connectivity index (χ2n) is 5.84. The summed E-state index contributed by atoms with van der Waals surface area (Å²) < 4.78 is 19.1. The van der Waals surface area contributed by atoms with Crippen LogP contribution in [0.4, 0.5) is 10.1 Å². The van der Waals surface area contributed by atoms with Gasteiger partial charge < -0.3 is 10.1 Å². The van der Waals surface area contributed by atoms with Gasteiger partial charge in [0.25, 0.3) is 5.91 Å². The Morgan fingerprint density at radius 2 is 1.86 bits per heavy atom. The molecule has 0 bridgehead atoms. The zero-order valence-corrected chi connectivity index (χ0v) is 16.2. The van der Waals surface area contributed by atoms with Gasteiger partial charge >= 0.3 is 0 Å². The number of pyridine rings is 1. The van der Waals surface area contributed by atoms with Crippen molar-refractivity contribution in [1.29, 1.82) is 5.53 Å². The van der Waals surface area contributed by atoms with Crippen LogP contribution in [0, 0.1) is 11.3 Å². The van der Waals surface area contributed by atoms with E-state index in [0.717, 1.165) is 11.1 Å². The van der Waals surface area contributed by atoms with E-state index >= 15 is 0 Å². The van der Waals surface area contributed by atoms with Crippen molar-refractivity contribution in [3.05, 3.63) is 87.9 Å². The highest BCUT2D eigenvalue weighted by atomic mass is 79.9. The van der Waals surface area contributed by atoms with Crippen LogP contribution < -0.4 is 10.1 Å². The molecule has 0 radical (unpaired) electrons. The van der Waals surface area contributed by atoms with Crippen molar-refractivity contribution in [2.24, 2.45) is 5.11 Å². The maximum Gasteiger partial charge on any atom is 0.274 e. The smallest absolute Gasteiger partial charge is 0.274 e. The third kappa shape index (κ3) is 4.98. The van der Waals surface area contributed by atoms with Crippen LogP contribution in [0.25, 0.3) is 0 Å². The van der Waals surface area contributed by atoms with E-state index in [1.54, 1.807) is 12.1 Å². The van der Waals surface area contributed by atoms with Gasteiger partial charge in [0.1, 0.15) is 22.7 Å². The topological polar surface area (TPSA) is 87.4 Å². The molecule has 3 rings (SSSR count). The van der Waals surface area contributed by atoms with E-state index < -0.39 is 5.91 Å². The second-order valence-corrected chi connectivity index (χ2v) is 6.65. The molecule has 0 saturated carbocycles. The van der Waals surface area contributed by atoms with Gasteiger partial charge in [-0.1, -0.05) is 42.5 Å². The Bertz CT molecular complexity index is 982. The molecule has 0 spiro atoms. The summed E-state index contributed by atoms with van der Waals surface area (Å²) in [6, 6.07) is 16.7. The molecule has 0 saturated heterocycles. The normalized spacial score (nSPS) is 10.4. The number of benzene rings is 2. The molecular formula is C20H16BrFN4O2. The van der Waals surface area contributed by atoms with Gasteiger partial charge in [0.2, 0.25) is 0 Å². The monoisotopic (exact) mass is 442 g/mol. The fraction of sp³-hybridized carbons (Fsp3) is 0.100. The Morgan fingerprint density at radius 1 is 1.14 bits per heavy atom. The average molecular weight is 443 g/mol. The van der Waals surface area contributed by atoms with Gasteiger partial charge in [-0.05, 0) is 39.2 Å². The molecule has 2 aromatic carbocycles. The van der Waals surface area contributed by atoms with Crippen molar-refractivity contribution in [3.8, 4) is 5.75 Å². The Kier molecular flexibility index (Phi) is 6.44. The van der Waals surface area contributed by atoms with Crippen LogP contribution in [0.1, 0.15) is 21.6 Å². The number of nitrogens with one attached hydrogen (secondary N) is 2. The molecule has 8 heteroatoms. The first-order chi connectivity index (χ1) is 13.6. The number of hydrogen-bond acceptors (Lipinski definition) is 5. The molecule has 0 aliphatic carbocycles. The number of carbonyl (C=O) groups excluding carboxylic acids is 1. The summed E-state index contributed by atoms with van der Waals surface area (Å²) in [6.07, 6.45) is 0. The lowest BCUT2D eigenvalue weighted by Crippen LogP contribution is -2.24. The molecule has 1 amide bonds. The van der Waals surface area contributed by atoms with E-state index in [1.165, 1.54) is 18.2 Å². The number of nitrogens with zero attached hydrogens (tertiary/aromatic N) is 2. The van der Waals surface area contributed by atoms with Crippen LogP contribution in [-0.2, 0) is 13.2 Å². The van der Waals surface area contributed by atoms with Crippen LogP contribution in [-0.4, -0.2) is 10.9 Å². The summed E-state index contributed by atoms with van der Waals surface area (Å²) in [5.74, 6) is -0.709. The number of carbonyl (C=O) groups is 1. The van der Waals surface area contributed by atoms with E-state index in [1.807, 2.05) is 30.3 Å². The third-order valence-corrected chi connectivity index (χ3v) is 4.26. The number of aromatic nitrogens is 1. The van der Waals surface area contributed by atoms with Gasteiger partial charge in [0.05, 0.1) is 0 Å². The standard InChI is InChI=1S/C20H16BrFN4O2/c21-17-10-16(26-23)19(28-12-14-4-2-1-3-5-14)18(25-17)20(27)24-11-13-6-8-15(22)9-7-13/h1-10,23H,11-12H2,(H,24,27). The van der Waals surface area contributed by atoms with Crippen molar-refractivity contribution < 1.29 is 13.9 Å². The highest BCUT2D eigenvalue weighted by Crippen LogP contribution is 2.33. The predicted octanol–water partition coefficient (Wildman–Crippen LogP) is 5.15. The summed E-state index contributed by atoms with van der Waals surface area (Å²) in [6.45, 7) is 0.393. The Hall–Kier alpha value is -3.13. The van der Waals surface area contributed by atoms with Gasteiger partial charge in [-0.2, -0.15) is 5.11 Å². The van der Waals surface area contributed by atoms with Crippen molar-refractivity contribution >= 4 is 27.5 Å². The molecule has 0 fully saturated rings. The first-order valence-corrected chi connectivity index (χ1v) is 9.13. The summed E-state index contributed by atoms with van der Waals surface area (Å²) in [5.41, 5.74) is 9.22. The minimum Gasteiger partial charge on any atom is -0.484 e. The minimum atomic E-state index is -0.487. The van der Waals surface area contributed by atoms with Gasteiger partial charge in [0.15, 0.2) is 11.4 Å². The second kappa shape index (κ2) is 9.18. The van der Waals surface area contributed by atoms with Crippen LogP contribution in [0.5, 0.6) is 5.75 Å². The van der Waals surface area contributed by atoms with Crippen LogP contribution >= 0.6 is 15.9 Å². The lowest BCUT2D eigenvalue weighted by molar-refractivity contribution is 0.0940. The van der Waals surface area contributed by atoms with Crippen molar-refractivity contribution in [3.63, 3.8) is 0 Å². The molecule has 1 heterocycles. The van der Waals surface area contributed by atoms with E-state index in [4.69, 9.17) is 10.3 Å². The number of amides is 1. The molecular weight excluding hydrogens is 427 g/mol. The molecule has 0 atom stereocenters. The van der Waals surface area contributed by atoms with Gasteiger partial charge in [-0.15, -0.1) is 0 Å². The molecule has 28 heavy (non-hydrogen) atoms. The first-order valence-electron chi connectivity index (χ1n) is 8.34. The summed E-state index contributed by atoms with van der Waals surface area (Å²) in [4.78, 5) is 16.9. The fourth-order valence-corrected chi connectivity index (χ4v) is 2.86. The average Bonchev–Trinajstić information content (AvgIpc) is 2.72. The summed E-state index contributed by atoms with van der Waals surface area (Å²) in [5, 5.41) is 6.17. The van der Waals surface area contributed by atoms with Crippen LogP contribution in [0.2, 0.25) is 0 Å². The molecule has 0 unspecified atom stereocenters. The lowest BCUT2D eigenvalue weighted by Gasteiger charge is -2.13. The Morgan fingerprint density at radius 3 is 2.54 bits per heavy atom. The number of halogens is 2. The SMILES string of the molecule is N=Nc1cc(Br)nc(C(=O)NCc2ccc(F)cc2)c1OCc1ccccc1. The van der Waals surface area contributed by atoms with E-state index in [2.05, 4.69) is 31.3 Å². The highest BCUT2D eigenvalue weighted by Gasteiger charge is 2.20. The molecule has 3 aromatic rings. The van der Waals surface area contributed by atoms with Crippen molar-refractivity contribution in [1.82, 2.24) is 10.3 Å². The summed E-state index contributed by atoms with van der Waals surface area (Å²) >= 11 is 3.22. The maximum absolute atomic E-state index is 13.0. The summed E-state index contributed by atoms with van der Waals surface area (Å²) in [7, 11) is 0. The zero-order valence-electron chi connectivity index (χ0n) is 14.7. The van der Waals surface area contributed by atoms with Gasteiger partial charge in [0, 0.05) is 12.6 Å². The van der Waals surface area contributed by atoms with E-state index in [0.29, 0.717) is 4.60 Å². The quantitative estimate of drug-likeness (QED) is 0.391. The third-order valence-electron chi connectivity index (χ3n) is 3.85. The molecule has 1 aromatic heterocycles. The fourth-order valence-electron chi connectivity index (χ4n) is 2.47. The molecule has 0 aliphatic rings. The largest absolute Gasteiger partial charge is 0.484 e. The van der Waals surface area contributed by atoms with Crippen LogP contribution in [0.3, 0.4) is 0 Å². The maximum atomic E-state index is 13.0. The van der Waals surface area contributed by atoms with Crippen molar-refractivity contribution in [2.75, 3.05) is 0 Å². The first kappa shape index (κ1) is 19.6. The zero-order chi connectivity index (χ0) is 19.9. The molecule has 142 valence electrons. The Labute approximate surface area is 169 Å². The number of hydrogen-bond donors (Lipinski definition) is 2.